The minimum absolute atomic E-state index is 0.326. The predicted octanol–water partition coefficient (Wildman–Crippen LogP) is 3.54. The lowest BCUT2D eigenvalue weighted by Gasteiger charge is -2.14. The lowest BCUT2D eigenvalue weighted by atomic mass is 10.2. The second-order valence-electron chi connectivity index (χ2n) is 6.77. The van der Waals surface area contributed by atoms with E-state index in [1.54, 1.807) is 36.4 Å². The van der Waals surface area contributed by atoms with Crippen LogP contribution in [0.5, 0.6) is 23.0 Å². The second kappa shape index (κ2) is 10.9. The number of hydrogen-bond donors (Lipinski definition) is 1. The van der Waals surface area contributed by atoms with Gasteiger partial charge in [0.15, 0.2) is 18.1 Å². The Morgan fingerprint density at radius 1 is 0.933 bits per heavy atom. The Morgan fingerprint density at radius 2 is 1.53 bits per heavy atom. The van der Waals surface area contributed by atoms with E-state index in [1.807, 2.05) is 0 Å². The number of anilines is 1. The summed E-state index contributed by atoms with van der Waals surface area (Å²) in [5.74, 6) is 1.15. The summed E-state index contributed by atoms with van der Waals surface area (Å²) in [5.41, 5.74) is 0.740. The molecule has 0 saturated carbocycles. The maximum absolute atomic E-state index is 12.2. The van der Waals surface area contributed by atoms with Crippen LogP contribution < -0.4 is 24.3 Å². The fourth-order valence-corrected chi connectivity index (χ4v) is 2.51. The molecule has 162 valence electrons. The summed E-state index contributed by atoms with van der Waals surface area (Å²) in [4.78, 5) is 24.3. The highest BCUT2D eigenvalue weighted by atomic mass is 16.5. The number of methoxy groups -OCH3 is 3. The third kappa shape index (κ3) is 6.30. The molecule has 2 aromatic carbocycles. The van der Waals surface area contributed by atoms with Gasteiger partial charge in [-0.25, -0.2) is 4.79 Å². The van der Waals surface area contributed by atoms with Crippen LogP contribution in [-0.2, 0) is 9.53 Å². The van der Waals surface area contributed by atoms with Crippen LogP contribution >= 0.6 is 0 Å². The van der Waals surface area contributed by atoms with E-state index in [0.717, 1.165) is 0 Å². The summed E-state index contributed by atoms with van der Waals surface area (Å²) >= 11 is 0. The highest BCUT2D eigenvalue weighted by Crippen LogP contribution is 2.39. The van der Waals surface area contributed by atoms with Gasteiger partial charge < -0.3 is 29.0 Å². The van der Waals surface area contributed by atoms with Crippen LogP contribution in [0.2, 0.25) is 0 Å². The van der Waals surface area contributed by atoms with Crippen molar-refractivity contribution in [2.24, 2.45) is 5.92 Å². The zero-order valence-electron chi connectivity index (χ0n) is 17.8. The molecule has 8 nitrogen and oxygen atoms in total. The van der Waals surface area contributed by atoms with E-state index >= 15 is 0 Å². The fourth-order valence-electron chi connectivity index (χ4n) is 2.51. The molecule has 2 rings (SSSR count). The molecule has 0 spiro atoms. The van der Waals surface area contributed by atoms with Gasteiger partial charge in [0.05, 0.1) is 33.5 Å². The van der Waals surface area contributed by atoms with Crippen LogP contribution in [-0.4, -0.2) is 46.4 Å². The maximum atomic E-state index is 12.2. The molecule has 0 bridgehead atoms. The average Bonchev–Trinajstić information content (AvgIpc) is 2.75. The van der Waals surface area contributed by atoms with E-state index in [0.29, 0.717) is 46.8 Å². The van der Waals surface area contributed by atoms with Gasteiger partial charge in [0.2, 0.25) is 5.75 Å². The van der Waals surface area contributed by atoms with Crippen LogP contribution in [0.1, 0.15) is 24.2 Å². The van der Waals surface area contributed by atoms with Crippen molar-refractivity contribution in [1.29, 1.82) is 0 Å². The number of carbonyl (C=O) groups excluding carboxylic acids is 2. The third-order valence-corrected chi connectivity index (χ3v) is 3.96. The first-order chi connectivity index (χ1) is 14.4. The molecule has 0 heterocycles. The summed E-state index contributed by atoms with van der Waals surface area (Å²) in [5, 5.41) is 2.63. The average molecular weight is 417 g/mol. The van der Waals surface area contributed by atoms with Gasteiger partial charge in [0.1, 0.15) is 5.75 Å². The lowest BCUT2D eigenvalue weighted by molar-refractivity contribution is -0.119. The number of ether oxygens (including phenoxy) is 5. The highest BCUT2D eigenvalue weighted by Gasteiger charge is 2.16. The van der Waals surface area contributed by atoms with E-state index in [9.17, 15) is 9.59 Å². The quantitative estimate of drug-likeness (QED) is 0.591. The van der Waals surface area contributed by atoms with Gasteiger partial charge in [-0.2, -0.15) is 0 Å². The molecule has 0 saturated heterocycles. The lowest BCUT2D eigenvalue weighted by Crippen LogP contribution is -2.21. The summed E-state index contributed by atoms with van der Waals surface area (Å²) in [6.45, 7) is 4.25. The maximum Gasteiger partial charge on any atom is 0.338 e. The van der Waals surface area contributed by atoms with Crippen molar-refractivity contribution in [1.82, 2.24) is 0 Å². The highest BCUT2D eigenvalue weighted by molar-refractivity contribution is 5.96. The Kier molecular flexibility index (Phi) is 8.34. The number of nitrogens with one attached hydrogen (secondary N) is 1. The minimum Gasteiger partial charge on any atom is -0.493 e. The molecule has 0 unspecified atom stereocenters. The molecule has 0 atom stereocenters. The smallest absolute Gasteiger partial charge is 0.338 e. The molecule has 30 heavy (non-hydrogen) atoms. The number of amides is 1. The van der Waals surface area contributed by atoms with Crippen molar-refractivity contribution in [2.45, 2.75) is 13.8 Å². The monoisotopic (exact) mass is 417 g/mol. The Hall–Kier alpha value is -3.42. The number of esters is 1. The SMILES string of the molecule is COc1cc(NC(=O)COC(=O)c2ccc(OCC(C)C)cc2)cc(OC)c1OC. The van der Waals surface area contributed by atoms with Crippen molar-refractivity contribution >= 4 is 17.6 Å². The van der Waals surface area contributed by atoms with Gasteiger partial charge >= 0.3 is 5.97 Å². The topological polar surface area (TPSA) is 92.3 Å². The zero-order chi connectivity index (χ0) is 22.1. The van der Waals surface area contributed by atoms with Gasteiger partial charge in [-0.05, 0) is 30.2 Å². The van der Waals surface area contributed by atoms with Gasteiger partial charge in [-0.3, -0.25) is 4.79 Å². The van der Waals surface area contributed by atoms with Crippen LogP contribution in [0.15, 0.2) is 36.4 Å². The second-order valence-corrected chi connectivity index (χ2v) is 6.77. The first-order valence-electron chi connectivity index (χ1n) is 9.37. The summed E-state index contributed by atoms with van der Waals surface area (Å²) in [7, 11) is 4.44. The molecule has 1 amide bonds. The van der Waals surface area contributed by atoms with Crippen molar-refractivity contribution in [3.63, 3.8) is 0 Å². The van der Waals surface area contributed by atoms with E-state index in [4.69, 9.17) is 23.7 Å². The molecule has 1 N–H and O–H groups in total. The Morgan fingerprint density at radius 3 is 2.03 bits per heavy atom. The fraction of sp³-hybridized carbons (Fsp3) is 0.364. The zero-order valence-corrected chi connectivity index (χ0v) is 17.8. The van der Waals surface area contributed by atoms with Crippen LogP contribution in [0, 0.1) is 5.92 Å². The first kappa shape index (κ1) is 22.9. The summed E-state index contributed by atoms with van der Waals surface area (Å²) < 4.78 is 26.4. The Balaban J connectivity index is 1.93. The number of rotatable bonds is 10. The van der Waals surface area contributed by atoms with E-state index in [-0.39, 0.29) is 0 Å². The van der Waals surface area contributed by atoms with Gasteiger partial charge in [-0.15, -0.1) is 0 Å². The van der Waals surface area contributed by atoms with Gasteiger partial charge in [0.25, 0.3) is 5.91 Å². The standard InChI is InChI=1S/C22H27NO7/c1-14(2)12-29-17-8-6-15(7-9-17)22(25)30-13-20(24)23-16-10-18(26-3)21(28-5)19(11-16)27-4/h6-11,14H,12-13H2,1-5H3,(H,23,24). The first-order valence-corrected chi connectivity index (χ1v) is 9.37. The van der Waals surface area contributed by atoms with Crippen molar-refractivity contribution in [3.8, 4) is 23.0 Å². The largest absolute Gasteiger partial charge is 0.493 e. The number of carbonyl (C=O) groups is 2. The summed E-state index contributed by atoms with van der Waals surface area (Å²) in [6, 6.07) is 9.72. The van der Waals surface area contributed by atoms with Gasteiger partial charge in [-0.1, -0.05) is 13.8 Å². The molecule has 0 aliphatic carbocycles. The van der Waals surface area contributed by atoms with Crippen LogP contribution in [0.4, 0.5) is 5.69 Å². The number of benzene rings is 2. The molecular weight excluding hydrogens is 390 g/mol. The van der Waals surface area contributed by atoms with Crippen LogP contribution in [0.3, 0.4) is 0 Å². The Labute approximate surface area is 176 Å². The molecule has 0 aromatic heterocycles. The van der Waals surface area contributed by atoms with Crippen molar-refractivity contribution in [3.05, 3.63) is 42.0 Å². The summed E-state index contributed by atoms with van der Waals surface area (Å²) in [6.07, 6.45) is 0. The molecule has 0 aliphatic rings. The van der Waals surface area contributed by atoms with E-state index < -0.39 is 18.5 Å². The Bertz CT molecular complexity index is 837. The molecule has 0 aliphatic heterocycles. The van der Waals surface area contributed by atoms with E-state index in [1.165, 1.54) is 21.3 Å². The number of hydrogen-bond acceptors (Lipinski definition) is 7. The van der Waals surface area contributed by atoms with Crippen LogP contribution in [0.25, 0.3) is 0 Å². The van der Waals surface area contributed by atoms with Crippen molar-refractivity contribution < 1.29 is 33.3 Å². The molecule has 0 radical (unpaired) electrons. The molecular formula is C22H27NO7. The third-order valence-electron chi connectivity index (χ3n) is 3.96. The normalized spacial score (nSPS) is 10.3. The van der Waals surface area contributed by atoms with E-state index in [2.05, 4.69) is 19.2 Å². The minimum atomic E-state index is -0.606. The van der Waals surface area contributed by atoms with Gasteiger partial charge in [0, 0.05) is 17.8 Å². The predicted molar refractivity (Wildman–Crippen MR) is 112 cm³/mol. The van der Waals surface area contributed by atoms with Crippen molar-refractivity contribution in [2.75, 3.05) is 39.9 Å². The molecule has 2 aromatic rings. The molecule has 0 fully saturated rings. The molecule has 8 heteroatoms.